The molecular weight excluding hydrogens is 300 g/mol. The van der Waals surface area contributed by atoms with Crippen molar-refractivity contribution in [3.8, 4) is 0 Å². The van der Waals surface area contributed by atoms with Crippen LogP contribution in [0.3, 0.4) is 0 Å². The number of hydrogen-bond acceptors (Lipinski definition) is 3. The fourth-order valence-electron chi connectivity index (χ4n) is 3.35. The number of rotatable bonds is 5. The second kappa shape index (κ2) is 7.67. The van der Waals surface area contributed by atoms with E-state index in [1.54, 1.807) is 0 Å². The van der Waals surface area contributed by atoms with Gasteiger partial charge in [0.15, 0.2) is 0 Å². The van der Waals surface area contributed by atoms with Crippen LogP contribution in [-0.2, 0) is 0 Å². The van der Waals surface area contributed by atoms with Gasteiger partial charge in [-0.25, -0.2) is 0 Å². The first kappa shape index (κ1) is 16.8. The van der Waals surface area contributed by atoms with Crippen molar-refractivity contribution in [1.29, 1.82) is 0 Å². The van der Waals surface area contributed by atoms with Gasteiger partial charge in [-0.3, -0.25) is 9.69 Å². The molecule has 4 nitrogen and oxygen atoms in total. The first-order chi connectivity index (χ1) is 11.6. The van der Waals surface area contributed by atoms with Gasteiger partial charge in [-0.1, -0.05) is 24.1 Å². The van der Waals surface area contributed by atoms with E-state index in [-0.39, 0.29) is 11.9 Å². The number of aryl methyl sites for hydroxylation is 2. The predicted molar refractivity (Wildman–Crippen MR) is 95.1 cm³/mol. The van der Waals surface area contributed by atoms with Gasteiger partial charge in [0.25, 0.3) is 5.91 Å². The Kier molecular flexibility index (Phi) is 5.36. The Morgan fingerprint density at radius 3 is 2.62 bits per heavy atom. The summed E-state index contributed by atoms with van der Waals surface area (Å²) in [6, 6.07) is 11.8. The molecule has 2 aromatic rings. The van der Waals surface area contributed by atoms with E-state index >= 15 is 0 Å². The summed E-state index contributed by atoms with van der Waals surface area (Å²) < 4.78 is 5.86. The highest BCUT2D eigenvalue weighted by molar-refractivity contribution is 5.94. The van der Waals surface area contributed by atoms with Gasteiger partial charge in [-0.15, -0.1) is 0 Å². The molecule has 0 aliphatic carbocycles. The molecule has 1 aliphatic rings. The summed E-state index contributed by atoms with van der Waals surface area (Å²) in [5, 5.41) is 3.09. The Morgan fingerprint density at radius 1 is 1.17 bits per heavy atom. The lowest BCUT2D eigenvalue weighted by Crippen LogP contribution is -2.40. The SMILES string of the molecule is Cc1cccc(C(=O)NCC(c2ccc(C)o2)N2CCCCC2)c1. The van der Waals surface area contributed by atoms with E-state index in [1.807, 2.05) is 50.2 Å². The summed E-state index contributed by atoms with van der Waals surface area (Å²) in [5.41, 5.74) is 1.81. The van der Waals surface area contributed by atoms with E-state index in [2.05, 4.69) is 10.2 Å². The van der Waals surface area contributed by atoms with Crippen molar-refractivity contribution in [2.45, 2.75) is 39.2 Å². The van der Waals surface area contributed by atoms with Gasteiger partial charge < -0.3 is 9.73 Å². The number of nitrogens with one attached hydrogen (secondary N) is 1. The standard InChI is InChI=1S/C20H26N2O2/c1-15-7-6-8-17(13-15)20(23)21-14-18(19-10-9-16(2)24-19)22-11-4-3-5-12-22/h6-10,13,18H,3-5,11-12,14H2,1-2H3,(H,21,23). The Bertz CT molecular complexity index is 686. The summed E-state index contributed by atoms with van der Waals surface area (Å²) in [6.45, 7) is 6.65. The number of furan rings is 1. The van der Waals surface area contributed by atoms with Crippen molar-refractivity contribution in [3.63, 3.8) is 0 Å². The van der Waals surface area contributed by atoms with Crippen LogP contribution in [0.1, 0.15) is 52.7 Å². The predicted octanol–water partition coefficient (Wildman–Crippen LogP) is 3.85. The van der Waals surface area contributed by atoms with Crippen LogP contribution in [0.25, 0.3) is 0 Å². The van der Waals surface area contributed by atoms with E-state index in [9.17, 15) is 4.79 Å². The van der Waals surface area contributed by atoms with Crippen LogP contribution in [0.15, 0.2) is 40.8 Å². The monoisotopic (exact) mass is 326 g/mol. The number of amides is 1. The average molecular weight is 326 g/mol. The van der Waals surface area contributed by atoms with Crippen molar-refractivity contribution < 1.29 is 9.21 Å². The summed E-state index contributed by atoms with van der Waals surface area (Å²) in [5.74, 6) is 1.83. The molecule has 1 aromatic carbocycles. The molecule has 128 valence electrons. The molecule has 2 heterocycles. The zero-order valence-corrected chi connectivity index (χ0v) is 14.5. The molecule has 1 atom stereocenters. The second-order valence-electron chi connectivity index (χ2n) is 6.64. The van der Waals surface area contributed by atoms with Crippen LogP contribution in [-0.4, -0.2) is 30.4 Å². The van der Waals surface area contributed by atoms with Crippen molar-refractivity contribution in [3.05, 3.63) is 59.0 Å². The van der Waals surface area contributed by atoms with Gasteiger partial charge in [0.05, 0.1) is 6.04 Å². The van der Waals surface area contributed by atoms with Crippen molar-refractivity contribution in [1.82, 2.24) is 10.2 Å². The Hall–Kier alpha value is -2.07. The molecule has 1 fully saturated rings. The number of likely N-dealkylation sites (tertiary alicyclic amines) is 1. The van der Waals surface area contributed by atoms with E-state index < -0.39 is 0 Å². The fourth-order valence-corrected chi connectivity index (χ4v) is 3.35. The molecule has 1 amide bonds. The van der Waals surface area contributed by atoms with Crippen LogP contribution in [0.4, 0.5) is 0 Å². The van der Waals surface area contributed by atoms with Crippen LogP contribution < -0.4 is 5.32 Å². The maximum Gasteiger partial charge on any atom is 0.251 e. The largest absolute Gasteiger partial charge is 0.465 e. The Morgan fingerprint density at radius 2 is 1.96 bits per heavy atom. The van der Waals surface area contributed by atoms with Crippen molar-refractivity contribution in [2.75, 3.05) is 19.6 Å². The number of hydrogen-bond donors (Lipinski definition) is 1. The second-order valence-corrected chi connectivity index (χ2v) is 6.64. The number of carbonyl (C=O) groups excluding carboxylic acids is 1. The van der Waals surface area contributed by atoms with E-state index in [1.165, 1.54) is 19.3 Å². The number of carbonyl (C=O) groups is 1. The van der Waals surface area contributed by atoms with Gasteiger partial charge in [-0.05, 0) is 64.0 Å². The smallest absolute Gasteiger partial charge is 0.251 e. The number of benzene rings is 1. The van der Waals surface area contributed by atoms with Crippen LogP contribution in [0.2, 0.25) is 0 Å². The molecular formula is C20H26N2O2. The zero-order valence-electron chi connectivity index (χ0n) is 14.5. The highest BCUT2D eigenvalue weighted by Gasteiger charge is 2.25. The first-order valence-corrected chi connectivity index (χ1v) is 8.79. The minimum atomic E-state index is -0.0241. The molecule has 0 saturated carbocycles. The molecule has 0 radical (unpaired) electrons. The molecule has 1 saturated heterocycles. The maximum absolute atomic E-state index is 12.5. The number of piperidine rings is 1. The average Bonchev–Trinajstić information content (AvgIpc) is 3.02. The van der Waals surface area contributed by atoms with Gasteiger partial charge in [-0.2, -0.15) is 0 Å². The third kappa shape index (κ3) is 4.06. The van der Waals surface area contributed by atoms with Gasteiger partial charge in [0.2, 0.25) is 0 Å². The molecule has 1 aromatic heterocycles. The maximum atomic E-state index is 12.5. The lowest BCUT2D eigenvalue weighted by molar-refractivity contribution is 0.0913. The molecule has 0 bridgehead atoms. The van der Waals surface area contributed by atoms with E-state index in [0.717, 1.165) is 30.2 Å². The summed E-state index contributed by atoms with van der Waals surface area (Å²) in [6.07, 6.45) is 3.71. The highest BCUT2D eigenvalue weighted by Crippen LogP contribution is 2.25. The molecule has 4 heteroatoms. The summed E-state index contributed by atoms with van der Waals surface area (Å²) in [4.78, 5) is 14.9. The topological polar surface area (TPSA) is 45.5 Å². The normalized spacial score (nSPS) is 16.8. The van der Waals surface area contributed by atoms with Crippen LogP contribution >= 0.6 is 0 Å². The van der Waals surface area contributed by atoms with Gasteiger partial charge >= 0.3 is 0 Å². The van der Waals surface area contributed by atoms with Gasteiger partial charge in [0, 0.05) is 12.1 Å². The molecule has 1 unspecified atom stereocenters. The summed E-state index contributed by atoms with van der Waals surface area (Å²) in [7, 11) is 0. The third-order valence-electron chi connectivity index (χ3n) is 4.66. The lowest BCUT2D eigenvalue weighted by atomic mass is 10.1. The first-order valence-electron chi connectivity index (χ1n) is 8.79. The van der Waals surface area contributed by atoms with Crippen molar-refractivity contribution in [2.24, 2.45) is 0 Å². The van der Waals surface area contributed by atoms with Crippen LogP contribution in [0, 0.1) is 13.8 Å². The van der Waals surface area contributed by atoms with Crippen LogP contribution in [0.5, 0.6) is 0 Å². The van der Waals surface area contributed by atoms with Crippen molar-refractivity contribution >= 4 is 5.91 Å². The fraction of sp³-hybridized carbons (Fsp3) is 0.450. The lowest BCUT2D eigenvalue weighted by Gasteiger charge is -2.33. The summed E-state index contributed by atoms with van der Waals surface area (Å²) >= 11 is 0. The van der Waals surface area contributed by atoms with Gasteiger partial charge in [0.1, 0.15) is 11.5 Å². The molecule has 1 N–H and O–H groups in total. The molecule has 1 aliphatic heterocycles. The molecule has 24 heavy (non-hydrogen) atoms. The minimum absolute atomic E-state index is 0.0241. The Labute approximate surface area is 143 Å². The Balaban J connectivity index is 1.70. The van der Waals surface area contributed by atoms with E-state index in [0.29, 0.717) is 12.1 Å². The minimum Gasteiger partial charge on any atom is -0.465 e. The highest BCUT2D eigenvalue weighted by atomic mass is 16.3. The quantitative estimate of drug-likeness (QED) is 0.907. The third-order valence-corrected chi connectivity index (χ3v) is 4.66. The number of nitrogens with zero attached hydrogens (tertiary/aromatic N) is 1. The molecule has 0 spiro atoms. The zero-order chi connectivity index (χ0) is 16.9. The van der Waals surface area contributed by atoms with E-state index in [4.69, 9.17) is 4.42 Å². The molecule has 3 rings (SSSR count).